The number of aliphatic hydroxyl groups excluding tert-OH is 1. The van der Waals surface area contributed by atoms with Crippen molar-refractivity contribution in [3.8, 4) is 0 Å². The first-order valence-corrected chi connectivity index (χ1v) is 9.73. The average Bonchev–Trinajstić information content (AvgIpc) is 2.58. The van der Waals surface area contributed by atoms with Crippen molar-refractivity contribution in [1.82, 2.24) is 0 Å². The molecule has 0 aliphatic rings. The van der Waals surface area contributed by atoms with Crippen molar-refractivity contribution < 1.29 is 24.1 Å². The van der Waals surface area contributed by atoms with Crippen LogP contribution in [0.1, 0.15) is 58.8 Å². The van der Waals surface area contributed by atoms with Crippen LogP contribution < -0.4 is 0 Å². The van der Waals surface area contributed by atoms with Gasteiger partial charge in [-0.1, -0.05) is 52.4 Å². The quantitative estimate of drug-likeness (QED) is 0.342. The molecule has 0 amide bonds. The second-order valence-corrected chi connectivity index (χ2v) is 6.27. The van der Waals surface area contributed by atoms with Crippen molar-refractivity contribution >= 4 is 0 Å². The molecule has 0 spiro atoms. The molecule has 5 nitrogen and oxygen atoms in total. The van der Waals surface area contributed by atoms with E-state index in [1.807, 2.05) is 0 Å². The molecule has 5 heteroatoms. The summed E-state index contributed by atoms with van der Waals surface area (Å²) in [7, 11) is 0. The minimum absolute atomic E-state index is 0.0566. The number of hydrogen-bond donors (Lipinski definition) is 1. The van der Waals surface area contributed by atoms with Crippen molar-refractivity contribution in [3.05, 3.63) is 0 Å². The number of hydrogen-bond acceptors (Lipinski definition) is 5. The first-order chi connectivity index (χ1) is 11.8. The highest BCUT2D eigenvalue weighted by molar-refractivity contribution is 4.54. The fourth-order valence-electron chi connectivity index (χ4n) is 2.41. The van der Waals surface area contributed by atoms with Crippen LogP contribution in [0.2, 0.25) is 0 Å². The Bertz CT molecular complexity index is 226. The molecule has 0 aromatic heterocycles. The molecule has 0 heterocycles. The SMILES string of the molecule is CCCCCC(C)CCCCOCCOCCOCCOCCO. The van der Waals surface area contributed by atoms with E-state index in [1.165, 1.54) is 38.5 Å². The Balaban J connectivity index is 3.05. The molecule has 1 N–H and O–H groups in total. The monoisotopic (exact) mass is 348 g/mol. The van der Waals surface area contributed by atoms with Gasteiger partial charge in [0.15, 0.2) is 0 Å². The maximum atomic E-state index is 8.52. The second-order valence-electron chi connectivity index (χ2n) is 6.27. The van der Waals surface area contributed by atoms with E-state index < -0.39 is 0 Å². The zero-order valence-electron chi connectivity index (χ0n) is 16.0. The van der Waals surface area contributed by atoms with Crippen LogP contribution in [0.25, 0.3) is 0 Å². The van der Waals surface area contributed by atoms with Crippen LogP contribution >= 0.6 is 0 Å². The summed E-state index contributed by atoms with van der Waals surface area (Å²) in [4.78, 5) is 0. The highest BCUT2D eigenvalue weighted by Crippen LogP contribution is 2.15. The maximum absolute atomic E-state index is 8.52. The Kier molecular flexibility index (Phi) is 20.7. The van der Waals surface area contributed by atoms with Crippen LogP contribution in [0.15, 0.2) is 0 Å². The Labute approximate surface area is 149 Å². The van der Waals surface area contributed by atoms with Gasteiger partial charge in [0.1, 0.15) is 0 Å². The zero-order valence-corrected chi connectivity index (χ0v) is 16.0. The normalized spacial score (nSPS) is 12.6. The van der Waals surface area contributed by atoms with Gasteiger partial charge in [-0.25, -0.2) is 0 Å². The van der Waals surface area contributed by atoms with E-state index in [4.69, 9.17) is 24.1 Å². The molecule has 1 atom stereocenters. The van der Waals surface area contributed by atoms with Gasteiger partial charge in [0.05, 0.1) is 52.9 Å². The standard InChI is InChI=1S/C19H40O5/c1-3-4-5-8-19(2)9-6-7-11-21-13-15-23-17-18-24-16-14-22-12-10-20/h19-20H,3-18H2,1-2H3. The zero-order chi connectivity index (χ0) is 17.7. The largest absolute Gasteiger partial charge is 0.394 e. The lowest BCUT2D eigenvalue weighted by molar-refractivity contribution is -0.00581. The van der Waals surface area contributed by atoms with Crippen molar-refractivity contribution in [2.75, 3.05) is 59.5 Å². The van der Waals surface area contributed by atoms with E-state index in [2.05, 4.69) is 13.8 Å². The summed E-state index contributed by atoms with van der Waals surface area (Å²) in [6.45, 7) is 9.37. The lowest BCUT2D eigenvalue weighted by Crippen LogP contribution is -2.12. The number of unbranched alkanes of at least 4 members (excludes halogenated alkanes) is 3. The summed E-state index contributed by atoms with van der Waals surface area (Å²) in [5, 5.41) is 8.52. The molecule has 0 aromatic rings. The van der Waals surface area contributed by atoms with E-state index in [-0.39, 0.29) is 6.61 Å². The molecule has 0 saturated heterocycles. The van der Waals surface area contributed by atoms with Gasteiger partial charge in [-0.3, -0.25) is 0 Å². The molecule has 0 fully saturated rings. The summed E-state index contributed by atoms with van der Waals surface area (Å²) in [6.07, 6.45) is 9.17. The van der Waals surface area contributed by atoms with E-state index in [9.17, 15) is 0 Å². The Hall–Kier alpha value is -0.200. The van der Waals surface area contributed by atoms with Gasteiger partial charge in [0, 0.05) is 6.61 Å². The van der Waals surface area contributed by atoms with E-state index in [1.54, 1.807) is 0 Å². The molecular formula is C19H40O5. The minimum atomic E-state index is 0.0566. The number of rotatable bonds is 20. The summed E-state index contributed by atoms with van der Waals surface area (Å²) >= 11 is 0. The van der Waals surface area contributed by atoms with Gasteiger partial charge in [-0.05, 0) is 12.3 Å². The van der Waals surface area contributed by atoms with Gasteiger partial charge in [-0.2, -0.15) is 0 Å². The molecule has 0 saturated carbocycles. The van der Waals surface area contributed by atoms with Gasteiger partial charge in [0.2, 0.25) is 0 Å². The van der Waals surface area contributed by atoms with Crippen LogP contribution in [0.4, 0.5) is 0 Å². The molecule has 1 unspecified atom stereocenters. The average molecular weight is 349 g/mol. The van der Waals surface area contributed by atoms with Gasteiger partial charge < -0.3 is 24.1 Å². The molecule has 146 valence electrons. The number of aliphatic hydroxyl groups is 1. The lowest BCUT2D eigenvalue weighted by Gasteiger charge is -2.11. The van der Waals surface area contributed by atoms with E-state index in [0.29, 0.717) is 46.2 Å². The van der Waals surface area contributed by atoms with Crippen LogP contribution in [0.3, 0.4) is 0 Å². The summed E-state index contributed by atoms with van der Waals surface area (Å²) in [5.41, 5.74) is 0. The van der Waals surface area contributed by atoms with Crippen LogP contribution in [0, 0.1) is 5.92 Å². The highest BCUT2D eigenvalue weighted by Gasteiger charge is 2.01. The highest BCUT2D eigenvalue weighted by atomic mass is 16.6. The summed E-state index contributed by atoms with van der Waals surface area (Å²) in [5.74, 6) is 0.855. The summed E-state index contributed by atoms with van der Waals surface area (Å²) in [6, 6.07) is 0. The molecule has 0 radical (unpaired) electrons. The fourth-order valence-corrected chi connectivity index (χ4v) is 2.41. The maximum Gasteiger partial charge on any atom is 0.0701 e. The predicted octanol–water partition coefficient (Wildman–Crippen LogP) is 3.43. The van der Waals surface area contributed by atoms with Crippen LogP contribution in [-0.2, 0) is 18.9 Å². The fraction of sp³-hybridized carbons (Fsp3) is 1.00. The smallest absolute Gasteiger partial charge is 0.0701 e. The third-order valence-corrected chi connectivity index (χ3v) is 3.89. The van der Waals surface area contributed by atoms with Crippen LogP contribution in [0.5, 0.6) is 0 Å². The molecule has 24 heavy (non-hydrogen) atoms. The van der Waals surface area contributed by atoms with Crippen LogP contribution in [-0.4, -0.2) is 64.6 Å². The van der Waals surface area contributed by atoms with Crippen molar-refractivity contribution in [2.45, 2.75) is 58.8 Å². The lowest BCUT2D eigenvalue weighted by atomic mass is 9.97. The van der Waals surface area contributed by atoms with Crippen molar-refractivity contribution in [3.63, 3.8) is 0 Å². The molecule has 0 aliphatic carbocycles. The first-order valence-electron chi connectivity index (χ1n) is 9.73. The Morgan fingerprint density at radius 1 is 0.625 bits per heavy atom. The first kappa shape index (κ1) is 23.8. The molecule has 0 aromatic carbocycles. The number of ether oxygens (including phenoxy) is 4. The van der Waals surface area contributed by atoms with Crippen molar-refractivity contribution in [2.24, 2.45) is 5.92 Å². The molecule has 0 bridgehead atoms. The second kappa shape index (κ2) is 20.8. The van der Waals surface area contributed by atoms with E-state index in [0.717, 1.165) is 18.9 Å². The molecule has 0 rings (SSSR count). The van der Waals surface area contributed by atoms with E-state index >= 15 is 0 Å². The van der Waals surface area contributed by atoms with Gasteiger partial charge in [-0.15, -0.1) is 0 Å². The summed E-state index contributed by atoms with van der Waals surface area (Å²) < 4.78 is 21.4. The van der Waals surface area contributed by atoms with Crippen molar-refractivity contribution in [1.29, 1.82) is 0 Å². The Morgan fingerprint density at radius 3 is 1.58 bits per heavy atom. The topological polar surface area (TPSA) is 57.2 Å². The Morgan fingerprint density at radius 2 is 1.08 bits per heavy atom. The molecular weight excluding hydrogens is 308 g/mol. The van der Waals surface area contributed by atoms with Gasteiger partial charge in [0.25, 0.3) is 0 Å². The third-order valence-electron chi connectivity index (χ3n) is 3.89. The third kappa shape index (κ3) is 19.8. The molecule has 0 aliphatic heterocycles. The predicted molar refractivity (Wildman–Crippen MR) is 97.5 cm³/mol. The minimum Gasteiger partial charge on any atom is -0.394 e. The van der Waals surface area contributed by atoms with Gasteiger partial charge >= 0.3 is 0 Å².